The highest BCUT2D eigenvalue weighted by molar-refractivity contribution is 5.73. The summed E-state index contributed by atoms with van der Waals surface area (Å²) in [4.78, 5) is 10.2. The summed E-state index contributed by atoms with van der Waals surface area (Å²) in [6.07, 6.45) is -3.21. The van der Waals surface area contributed by atoms with E-state index in [0.717, 1.165) is 6.92 Å². The molecule has 12 heavy (non-hydrogen) atoms. The number of ether oxygens (including phenoxy) is 1. The van der Waals surface area contributed by atoms with Crippen LogP contribution in [-0.4, -0.2) is 41.2 Å². The van der Waals surface area contributed by atoms with Gasteiger partial charge in [-0.1, -0.05) is 0 Å². The quantitative estimate of drug-likeness (QED) is 0.648. The fraction of sp³-hybridized carbons (Fsp3) is 0.857. The Morgan fingerprint density at radius 2 is 2.08 bits per heavy atom. The van der Waals surface area contributed by atoms with E-state index in [9.17, 15) is 14.3 Å². The molecule has 0 saturated heterocycles. The molecule has 0 rings (SSSR count). The highest BCUT2D eigenvalue weighted by Gasteiger charge is 2.42. The van der Waals surface area contributed by atoms with E-state index >= 15 is 0 Å². The van der Waals surface area contributed by atoms with Gasteiger partial charge in [-0.3, -0.25) is 0 Å². The second-order valence-corrected chi connectivity index (χ2v) is 2.80. The number of hydrogen-bond donors (Lipinski definition) is 2. The van der Waals surface area contributed by atoms with Gasteiger partial charge in [0.05, 0.1) is 6.10 Å². The first-order chi connectivity index (χ1) is 5.34. The average Bonchev–Trinajstić information content (AvgIpc) is 2.01. The number of carbonyl (C=O) groups is 1. The molecule has 2 N–H and O–H groups in total. The Labute approximate surface area is 70.0 Å². The van der Waals surface area contributed by atoms with Crippen molar-refractivity contribution < 1.29 is 24.1 Å². The summed E-state index contributed by atoms with van der Waals surface area (Å²) in [5.74, 6) is -1.69. The van der Waals surface area contributed by atoms with Crippen LogP contribution in [0.3, 0.4) is 0 Å². The fourth-order valence-corrected chi connectivity index (χ4v) is 0.695. The number of rotatable bonds is 4. The van der Waals surface area contributed by atoms with Crippen LogP contribution in [0, 0.1) is 0 Å². The Hall–Kier alpha value is -0.680. The monoisotopic (exact) mass is 180 g/mol. The Morgan fingerprint density at radius 1 is 1.67 bits per heavy atom. The van der Waals surface area contributed by atoms with Crippen molar-refractivity contribution in [2.45, 2.75) is 31.7 Å². The zero-order valence-corrected chi connectivity index (χ0v) is 7.24. The summed E-state index contributed by atoms with van der Waals surface area (Å²) in [7, 11) is 1.27. The van der Waals surface area contributed by atoms with Gasteiger partial charge in [-0.15, -0.1) is 0 Å². The molecule has 0 radical (unpaired) electrons. The maximum absolute atomic E-state index is 12.8. The Bertz CT molecular complexity index is 169. The molecule has 0 aliphatic carbocycles. The van der Waals surface area contributed by atoms with Gasteiger partial charge in [0.25, 0.3) is 0 Å². The number of aliphatic hydroxyl groups is 1. The molecule has 0 heterocycles. The predicted molar refractivity (Wildman–Crippen MR) is 39.6 cm³/mol. The van der Waals surface area contributed by atoms with E-state index in [2.05, 4.69) is 4.74 Å². The number of aliphatic carboxylic acids is 1. The largest absolute Gasteiger partial charge is 0.479 e. The number of hydrogen-bond acceptors (Lipinski definition) is 3. The molecular weight excluding hydrogens is 167 g/mol. The Morgan fingerprint density at radius 3 is 2.33 bits per heavy atom. The molecule has 0 bridgehead atoms. The zero-order valence-electron chi connectivity index (χ0n) is 7.24. The van der Waals surface area contributed by atoms with Crippen molar-refractivity contribution in [3.8, 4) is 0 Å². The van der Waals surface area contributed by atoms with Crippen molar-refractivity contribution in [2.24, 2.45) is 0 Å². The zero-order chi connectivity index (χ0) is 9.94. The van der Waals surface area contributed by atoms with Crippen molar-refractivity contribution in [1.82, 2.24) is 0 Å². The van der Waals surface area contributed by atoms with Crippen LogP contribution < -0.4 is 0 Å². The van der Waals surface area contributed by atoms with E-state index in [4.69, 9.17) is 5.11 Å². The third-order valence-electron chi connectivity index (χ3n) is 1.91. The van der Waals surface area contributed by atoms with Crippen LogP contribution in [0.15, 0.2) is 0 Å². The van der Waals surface area contributed by atoms with E-state index in [1.165, 1.54) is 14.0 Å². The lowest BCUT2D eigenvalue weighted by atomic mass is 9.94. The minimum atomic E-state index is -2.34. The lowest BCUT2D eigenvalue weighted by Crippen LogP contribution is -2.50. The van der Waals surface area contributed by atoms with Crippen LogP contribution in [0.25, 0.3) is 0 Å². The van der Waals surface area contributed by atoms with E-state index in [-0.39, 0.29) is 0 Å². The third-order valence-corrected chi connectivity index (χ3v) is 1.91. The van der Waals surface area contributed by atoms with Crippen molar-refractivity contribution in [1.29, 1.82) is 0 Å². The molecule has 4 nitrogen and oxygen atoms in total. The molecule has 0 aliphatic heterocycles. The normalized spacial score (nSPS) is 21.1. The minimum absolute atomic E-state index is 0.872. The number of alkyl halides is 1. The molecule has 0 saturated carbocycles. The average molecular weight is 180 g/mol. The summed E-state index contributed by atoms with van der Waals surface area (Å²) >= 11 is 0. The molecule has 0 fully saturated rings. The molecule has 0 aromatic rings. The molecule has 0 spiro atoms. The molecule has 3 atom stereocenters. The maximum atomic E-state index is 12.8. The van der Waals surface area contributed by atoms with E-state index in [1.54, 1.807) is 0 Å². The summed E-state index contributed by atoms with van der Waals surface area (Å²) in [5.41, 5.74) is -2.00. The smallest absolute Gasteiger partial charge is 0.341 e. The van der Waals surface area contributed by atoms with Gasteiger partial charge in [-0.25, -0.2) is 9.18 Å². The molecule has 0 aromatic heterocycles. The topological polar surface area (TPSA) is 66.8 Å². The van der Waals surface area contributed by atoms with E-state index < -0.39 is 23.8 Å². The van der Waals surface area contributed by atoms with Gasteiger partial charge in [-0.05, 0) is 13.8 Å². The van der Waals surface area contributed by atoms with Crippen molar-refractivity contribution >= 4 is 5.97 Å². The molecule has 3 unspecified atom stereocenters. The SMILES string of the molecule is COC(C)C(C)(O)C(F)C(=O)O. The number of methoxy groups -OCH3 is 1. The van der Waals surface area contributed by atoms with Crippen LogP contribution in [0.1, 0.15) is 13.8 Å². The predicted octanol–water partition coefficient (Wildman–Crippen LogP) is 0.195. The maximum Gasteiger partial charge on any atom is 0.341 e. The third kappa shape index (κ3) is 2.15. The fourth-order valence-electron chi connectivity index (χ4n) is 0.695. The number of carboxylic acid groups (broad SMARTS) is 1. The molecule has 0 aliphatic rings. The standard InChI is InChI=1S/C7H13FO4/c1-4(12-3)7(2,11)5(8)6(9)10/h4-5,11H,1-3H3,(H,9,10). The van der Waals surface area contributed by atoms with Crippen molar-refractivity contribution in [3.05, 3.63) is 0 Å². The summed E-state index contributed by atoms with van der Waals surface area (Å²) in [6, 6.07) is 0. The van der Waals surface area contributed by atoms with Crippen LogP contribution in [0.5, 0.6) is 0 Å². The Kier molecular flexibility index (Phi) is 3.60. The van der Waals surface area contributed by atoms with E-state index in [1.807, 2.05) is 0 Å². The molecule has 0 aromatic carbocycles. The van der Waals surface area contributed by atoms with Gasteiger partial charge in [0, 0.05) is 7.11 Å². The van der Waals surface area contributed by atoms with E-state index in [0.29, 0.717) is 0 Å². The van der Waals surface area contributed by atoms with Gasteiger partial charge in [0.1, 0.15) is 5.60 Å². The second-order valence-electron chi connectivity index (χ2n) is 2.80. The van der Waals surface area contributed by atoms with Gasteiger partial charge in [-0.2, -0.15) is 0 Å². The molecule has 0 amide bonds. The number of carboxylic acids is 1. The first kappa shape index (κ1) is 11.3. The second kappa shape index (κ2) is 3.82. The summed E-state index contributed by atoms with van der Waals surface area (Å²) in [5, 5.41) is 17.6. The first-order valence-corrected chi connectivity index (χ1v) is 3.46. The lowest BCUT2D eigenvalue weighted by molar-refractivity contribution is -0.165. The van der Waals surface area contributed by atoms with Crippen LogP contribution >= 0.6 is 0 Å². The molecule has 72 valence electrons. The Balaban J connectivity index is 4.48. The van der Waals surface area contributed by atoms with Crippen molar-refractivity contribution in [3.63, 3.8) is 0 Å². The van der Waals surface area contributed by atoms with Crippen LogP contribution in [0.4, 0.5) is 4.39 Å². The summed E-state index contributed by atoms with van der Waals surface area (Å²) < 4.78 is 17.4. The highest BCUT2D eigenvalue weighted by atomic mass is 19.1. The van der Waals surface area contributed by atoms with Crippen LogP contribution in [0.2, 0.25) is 0 Å². The van der Waals surface area contributed by atoms with Crippen molar-refractivity contribution in [2.75, 3.05) is 7.11 Å². The van der Waals surface area contributed by atoms with Gasteiger partial charge in [0.15, 0.2) is 0 Å². The number of halogens is 1. The minimum Gasteiger partial charge on any atom is -0.479 e. The van der Waals surface area contributed by atoms with Crippen LogP contribution in [-0.2, 0) is 9.53 Å². The molecular formula is C7H13FO4. The van der Waals surface area contributed by atoms with Gasteiger partial charge in [0.2, 0.25) is 6.17 Å². The first-order valence-electron chi connectivity index (χ1n) is 3.46. The van der Waals surface area contributed by atoms with Gasteiger partial charge >= 0.3 is 5.97 Å². The lowest BCUT2D eigenvalue weighted by Gasteiger charge is -2.29. The summed E-state index contributed by atoms with van der Waals surface area (Å²) in [6.45, 7) is 2.48. The van der Waals surface area contributed by atoms with Gasteiger partial charge < -0.3 is 14.9 Å². The highest BCUT2D eigenvalue weighted by Crippen LogP contribution is 2.20. The molecule has 5 heteroatoms.